The molecule has 0 aliphatic carbocycles. The van der Waals surface area contributed by atoms with Gasteiger partial charge in [0.25, 0.3) is 5.91 Å². The summed E-state index contributed by atoms with van der Waals surface area (Å²) in [5.41, 5.74) is -0.0995. The molecule has 2 heterocycles. The minimum absolute atomic E-state index is 0.0995. The van der Waals surface area contributed by atoms with E-state index >= 15 is 0 Å². The number of carbonyl (C=O) groups is 2. The van der Waals surface area contributed by atoms with Gasteiger partial charge in [-0.3, -0.25) is 9.89 Å². The van der Waals surface area contributed by atoms with Crippen molar-refractivity contribution in [3.05, 3.63) is 33.1 Å². The smallest absolute Gasteiger partial charge is 0.353 e. The normalized spacial score (nSPS) is 10.2. The second-order valence-electron chi connectivity index (χ2n) is 3.02. The molecular formula is C9H6ClN3O3S. The average molecular weight is 272 g/mol. The van der Waals surface area contributed by atoms with Crippen LogP contribution in [0, 0.1) is 0 Å². The van der Waals surface area contributed by atoms with E-state index in [4.69, 9.17) is 16.7 Å². The number of hydrogen-bond donors (Lipinski definition) is 3. The number of thiophene rings is 1. The van der Waals surface area contributed by atoms with Gasteiger partial charge in [-0.2, -0.15) is 5.10 Å². The lowest BCUT2D eigenvalue weighted by Crippen LogP contribution is -2.10. The van der Waals surface area contributed by atoms with Crippen LogP contribution >= 0.6 is 22.9 Å². The van der Waals surface area contributed by atoms with Gasteiger partial charge in [0.15, 0.2) is 5.82 Å². The molecule has 0 fully saturated rings. The van der Waals surface area contributed by atoms with Crippen LogP contribution in [-0.2, 0) is 0 Å². The van der Waals surface area contributed by atoms with Crippen molar-refractivity contribution in [3.63, 3.8) is 0 Å². The monoisotopic (exact) mass is 271 g/mol. The zero-order chi connectivity index (χ0) is 12.4. The van der Waals surface area contributed by atoms with Gasteiger partial charge in [0.2, 0.25) is 0 Å². The minimum Gasteiger partial charge on any atom is -0.477 e. The Morgan fingerprint density at radius 3 is 2.82 bits per heavy atom. The van der Waals surface area contributed by atoms with Crippen LogP contribution in [0.25, 0.3) is 0 Å². The molecule has 2 aromatic heterocycles. The van der Waals surface area contributed by atoms with E-state index < -0.39 is 11.9 Å². The number of carbonyl (C=O) groups excluding carboxylic acids is 1. The van der Waals surface area contributed by atoms with Gasteiger partial charge in [-0.15, -0.1) is 11.3 Å². The summed E-state index contributed by atoms with van der Waals surface area (Å²) in [6.45, 7) is 0. The van der Waals surface area contributed by atoms with Gasteiger partial charge in [-0.25, -0.2) is 4.79 Å². The zero-order valence-corrected chi connectivity index (χ0v) is 9.80. The molecule has 3 N–H and O–H groups in total. The van der Waals surface area contributed by atoms with Crippen molar-refractivity contribution in [1.29, 1.82) is 0 Å². The van der Waals surface area contributed by atoms with E-state index in [-0.39, 0.29) is 11.5 Å². The SMILES string of the molecule is O=C(O)c1cc(NC(=O)c2sccc2Cl)n[nH]1. The Morgan fingerprint density at radius 2 is 2.29 bits per heavy atom. The molecule has 2 rings (SSSR count). The minimum atomic E-state index is -1.15. The highest BCUT2D eigenvalue weighted by molar-refractivity contribution is 7.12. The van der Waals surface area contributed by atoms with Gasteiger partial charge in [-0.1, -0.05) is 11.6 Å². The molecule has 0 saturated carbocycles. The third-order valence-electron chi connectivity index (χ3n) is 1.87. The van der Waals surface area contributed by atoms with Crippen molar-refractivity contribution >= 4 is 40.6 Å². The predicted octanol–water partition coefficient (Wildman–Crippen LogP) is 2.08. The zero-order valence-electron chi connectivity index (χ0n) is 8.23. The Labute approximate surface area is 104 Å². The summed E-state index contributed by atoms with van der Waals surface area (Å²) in [6, 6.07) is 2.83. The van der Waals surface area contributed by atoms with Crippen molar-refractivity contribution < 1.29 is 14.7 Å². The van der Waals surface area contributed by atoms with Crippen LogP contribution in [0.15, 0.2) is 17.5 Å². The second kappa shape index (κ2) is 4.56. The molecule has 0 bridgehead atoms. The standard InChI is InChI=1S/C9H6ClN3O3S/c10-4-1-2-17-7(4)8(14)11-6-3-5(9(15)16)12-13-6/h1-3H,(H,15,16)(H2,11,12,13,14). The summed E-state index contributed by atoms with van der Waals surface area (Å²) in [4.78, 5) is 22.6. The summed E-state index contributed by atoms with van der Waals surface area (Å²) in [6.07, 6.45) is 0. The van der Waals surface area contributed by atoms with E-state index in [1.165, 1.54) is 17.4 Å². The molecule has 0 aliphatic heterocycles. The van der Waals surface area contributed by atoms with Crippen LogP contribution in [0.2, 0.25) is 5.02 Å². The van der Waals surface area contributed by atoms with E-state index in [1.54, 1.807) is 11.4 Å². The summed E-state index contributed by atoms with van der Waals surface area (Å²) >= 11 is 6.98. The van der Waals surface area contributed by atoms with Gasteiger partial charge < -0.3 is 10.4 Å². The molecule has 0 aromatic carbocycles. The summed E-state index contributed by atoms with van der Waals surface area (Å²) in [5, 5.41) is 19.1. The van der Waals surface area contributed by atoms with Crippen LogP contribution in [0.4, 0.5) is 5.82 Å². The van der Waals surface area contributed by atoms with Crippen LogP contribution in [0.1, 0.15) is 20.2 Å². The number of rotatable bonds is 3. The molecule has 17 heavy (non-hydrogen) atoms. The lowest BCUT2D eigenvalue weighted by atomic mass is 10.4. The first kappa shape index (κ1) is 11.6. The second-order valence-corrected chi connectivity index (χ2v) is 4.35. The number of H-pyrrole nitrogens is 1. The molecule has 0 spiro atoms. The number of aromatic carboxylic acids is 1. The first-order chi connectivity index (χ1) is 8.08. The number of halogens is 1. The van der Waals surface area contributed by atoms with Crippen molar-refractivity contribution in [2.75, 3.05) is 5.32 Å². The topological polar surface area (TPSA) is 95.1 Å². The van der Waals surface area contributed by atoms with Gasteiger partial charge in [-0.05, 0) is 11.4 Å². The fraction of sp³-hybridized carbons (Fsp3) is 0. The molecule has 8 heteroatoms. The maximum atomic E-state index is 11.7. The maximum absolute atomic E-state index is 11.7. The fourth-order valence-corrected chi connectivity index (χ4v) is 2.16. The molecule has 0 radical (unpaired) electrons. The number of aromatic amines is 1. The van der Waals surface area contributed by atoms with Crippen LogP contribution in [-0.4, -0.2) is 27.2 Å². The number of carboxylic acids is 1. The maximum Gasteiger partial charge on any atom is 0.353 e. The predicted molar refractivity (Wildman–Crippen MR) is 62.8 cm³/mol. The molecule has 88 valence electrons. The van der Waals surface area contributed by atoms with Crippen LogP contribution in [0.3, 0.4) is 0 Å². The van der Waals surface area contributed by atoms with E-state index in [0.29, 0.717) is 9.90 Å². The highest BCUT2D eigenvalue weighted by Crippen LogP contribution is 2.22. The number of hydrogen-bond acceptors (Lipinski definition) is 4. The van der Waals surface area contributed by atoms with Crippen LogP contribution in [0.5, 0.6) is 0 Å². The molecule has 0 aliphatic rings. The number of nitrogens with one attached hydrogen (secondary N) is 2. The third-order valence-corrected chi connectivity index (χ3v) is 3.21. The van der Waals surface area contributed by atoms with E-state index in [0.717, 1.165) is 0 Å². The quantitative estimate of drug-likeness (QED) is 0.796. The van der Waals surface area contributed by atoms with E-state index in [1.807, 2.05) is 0 Å². The number of carboxylic acid groups (broad SMARTS) is 1. The highest BCUT2D eigenvalue weighted by atomic mass is 35.5. The van der Waals surface area contributed by atoms with Crippen molar-refractivity contribution in [2.24, 2.45) is 0 Å². The van der Waals surface area contributed by atoms with Crippen molar-refractivity contribution in [1.82, 2.24) is 10.2 Å². The van der Waals surface area contributed by atoms with Crippen molar-refractivity contribution in [2.45, 2.75) is 0 Å². The van der Waals surface area contributed by atoms with Gasteiger partial charge >= 0.3 is 5.97 Å². The lowest BCUT2D eigenvalue weighted by Gasteiger charge is -1.98. The number of nitrogens with zero attached hydrogens (tertiary/aromatic N) is 1. The number of aromatic nitrogens is 2. The van der Waals surface area contributed by atoms with Crippen LogP contribution < -0.4 is 5.32 Å². The Bertz CT molecular complexity index is 578. The van der Waals surface area contributed by atoms with Gasteiger partial charge in [0.1, 0.15) is 10.6 Å². The highest BCUT2D eigenvalue weighted by Gasteiger charge is 2.14. The number of amides is 1. The Hall–Kier alpha value is -1.86. The molecule has 0 unspecified atom stereocenters. The molecular weight excluding hydrogens is 266 g/mol. The van der Waals surface area contributed by atoms with E-state index in [9.17, 15) is 9.59 Å². The molecule has 0 atom stereocenters. The Balaban J connectivity index is 2.13. The summed E-state index contributed by atoms with van der Waals surface area (Å²) < 4.78 is 0. The first-order valence-corrected chi connectivity index (χ1v) is 5.66. The third kappa shape index (κ3) is 2.45. The Kier molecular flexibility index (Phi) is 3.12. The number of anilines is 1. The molecule has 2 aromatic rings. The largest absolute Gasteiger partial charge is 0.477 e. The molecule has 6 nitrogen and oxygen atoms in total. The lowest BCUT2D eigenvalue weighted by molar-refractivity contribution is 0.0690. The van der Waals surface area contributed by atoms with E-state index in [2.05, 4.69) is 15.5 Å². The first-order valence-electron chi connectivity index (χ1n) is 4.41. The Morgan fingerprint density at radius 1 is 1.53 bits per heavy atom. The summed E-state index contributed by atoms with van der Waals surface area (Å²) in [5.74, 6) is -1.43. The fourth-order valence-electron chi connectivity index (χ4n) is 1.12. The molecule has 1 amide bonds. The molecule has 0 saturated heterocycles. The van der Waals surface area contributed by atoms with Gasteiger partial charge in [0.05, 0.1) is 5.02 Å². The van der Waals surface area contributed by atoms with Crippen molar-refractivity contribution in [3.8, 4) is 0 Å². The average Bonchev–Trinajstić information content (AvgIpc) is 2.86. The summed E-state index contributed by atoms with van der Waals surface area (Å²) in [7, 11) is 0. The van der Waals surface area contributed by atoms with Gasteiger partial charge in [0, 0.05) is 6.07 Å².